The fourth-order valence-electron chi connectivity index (χ4n) is 4.00. The molecule has 0 fully saturated rings. The molecule has 1 aliphatic heterocycles. The van der Waals surface area contributed by atoms with Crippen LogP contribution in [0.15, 0.2) is 35.6 Å². The topological polar surface area (TPSA) is 63.2 Å². The van der Waals surface area contributed by atoms with E-state index in [-0.39, 0.29) is 11.8 Å². The SMILES string of the molecule is O=C1c2ccccc2C(=O)N1CCCSc1ncnc2sc3c(c12)CCCC3. The molecular weight excluding hydrogens is 390 g/mol. The van der Waals surface area contributed by atoms with Crippen LogP contribution in [0, 0.1) is 0 Å². The van der Waals surface area contributed by atoms with Crippen LogP contribution in [0.3, 0.4) is 0 Å². The van der Waals surface area contributed by atoms with Crippen LogP contribution >= 0.6 is 23.1 Å². The minimum atomic E-state index is -0.179. The summed E-state index contributed by atoms with van der Waals surface area (Å²) < 4.78 is 0. The van der Waals surface area contributed by atoms with Crippen molar-refractivity contribution in [2.45, 2.75) is 37.1 Å². The van der Waals surface area contributed by atoms with Gasteiger partial charge in [-0.05, 0) is 49.8 Å². The van der Waals surface area contributed by atoms with Crippen molar-refractivity contribution in [1.82, 2.24) is 14.9 Å². The first-order valence-electron chi connectivity index (χ1n) is 9.57. The van der Waals surface area contributed by atoms with Crippen LogP contribution in [-0.2, 0) is 12.8 Å². The largest absolute Gasteiger partial charge is 0.274 e. The number of aryl methyl sites for hydroxylation is 2. The molecule has 5 rings (SSSR count). The zero-order chi connectivity index (χ0) is 19.1. The molecule has 0 unspecified atom stereocenters. The standard InChI is InChI=1S/C21H19N3O2S2/c25-20-13-6-1-2-7-14(13)21(26)24(20)10-5-11-27-18-17-15-8-3-4-9-16(15)28-19(17)23-12-22-18/h1-2,6-7,12H,3-5,8-11H2. The third kappa shape index (κ3) is 2.93. The number of hydrogen-bond donors (Lipinski definition) is 0. The molecule has 2 amide bonds. The van der Waals surface area contributed by atoms with Crippen LogP contribution in [0.5, 0.6) is 0 Å². The van der Waals surface area contributed by atoms with E-state index in [1.165, 1.54) is 33.6 Å². The number of nitrogens with zero attached hydrogens (tertiary/aromatic N) is 3. The van der Waals surface area contributed by atoms with Gasteiger partial charge in [-0.1, -0.05) is 12.1 Å². The molecule has 7 heteroatoms. The first kappa shape index (κ1) is 17.8. The minimum absolute atomic E-state index is 0.179. The highest BCUT2D eigenvalue weighted by atomic mass is 32.2. The van der Waals surface area contributed by atoms with Crippen LogP contribution < -0.4 is 0 Å². The molecular formula is C21H19N3O2S2. The fraction of sp³-hybridized carbons (Fsp3) is 0.333. The number of carbonyl (C=O) groups is 2. The van der Waals surface area contributed by atoms with Gasteiger partial charge >= 0.3 is 0 Å². The third-order valence-electron chi connectivity index (χ3n) is 5.36. The van der Waals surface area contributed by atoms with Gasteiger partial charge in [-0.15, -0.1) is 23.1 Å². The Morgan fingerprint density at radius 1 is 1.04 bits per heavy atom. The van der Waals surface area contributed by atoms with Crippen molar-refractivity contribution in [2.75, 3.05) is 12.3 Å². The number of amides is 2. The molecule has 0 bridgehead atoms. The maximum Gasteiger partial charge on any atom is 0.261 e. The summed E-state index contributed by atoms with van der Waals surface area (Å²) in [7, 11) is 0. The summed E-state index contributed by atoms with van der Waals surface area (Å²) in [5.74, 6) is 0.452. The zero-order valence-corrected chi connectivity index (χ0v) is 16.9. The Morgan fingerprint density at radius 2 is 1.79 bits per heavy atom. The van der Waals surface area contributed by atoms with Crippen LogP contribution in [0.1, 0.15) is 50.4 Å². The molecule has 1 aromatic carbocycles. The number of rotatable bonds is 5. The van der Waals surface area contributed by atoms with Gasteiger partial charge in [-0.2, -0.15) is 0 Å². The lowest BCUT2D eigenvalue weighted by molar-refractivity contribution is 0.0655. The summed E-state index contributed by atoms with van der Waals surface area (Å²) in [5, 5.41) is 2.26. The van der Waals surface area contributed by atoms with E-state index in [9.17, 15) is 9.59 Å². The molecule has 1 aliphatic carbocycles. The second-order valence-corrected chi connectivity index (χ2v) is 9.25. The first-order valence-corrected chi connectivity index (χ1v) is 11.4. The summed E-state index contributed by atoms with van der Waals surface area (Å²) in [5.41, 5.74) is 2.47. The highest BCUT2D eigenvalue weighted by Crippen LogP contribution is 2.39. The van der Waals surface area contributed by atoms with Gasteiger partial charge in [-0.3, -0.25) is 14.5 Å². The second-order valence-electron chi connectivity index (χ2n) is 7.08. The number of hydrogen-bond acceptors (Lipinski definition) is 6. The average molecular weight is 410 g/mol. The van der Waals surface area contributed by atoms with Crippen molar-refractivity contribution in [3.8, 4) is 0 Å². The number of benzene rings is 1. The maximum absolute atomic E-state index is 12.5. The van der Waals surface area contributed by atoms with Crippen LogP contribution in [0.2, 0.25) is 0 Å². The normalized spacial score (nSPS) is 15.9. The van der Waals surface area contributed by atoms with Crippen LogP contribution in [0.4, 0.5) is 0 Å². The molecule has 2 aromatic heterocycles. The van der Waals surface area contributed by atoms with Crippen molar-refractivity contribution in [2.24, 2.45) is 0 Å². The molecule has 3 heterocycles. The van der Waals surface area contributed by atoms with E-state index >= 15 is 0 Å². The predicted octanol–water partition coefficient (Wildman–Crippen LogP) is 4.35. The van der Waals surface area contributed by atoms with E-state index in [4.69, 9.17) is 0 Å². The monoisotopic (exact) mass is 409 g/mol. The number of imide groups is 1. The van der Waals surface area contributed by atoms with Gasteiger partial charge in [-0.25, -0.2) is 9.97 Å². The maximum atomic E-state index is 12.5. The summed E-state index contributed by atoms with van der Waals surface area (Å²) in [6, 6.07) is 7.04. The quantitative estimate of drug-likeness (QED) is 0.271. The number of fused-ring (bicyclic) bond motifs is 4. The molecule has 0 spiro atoms. The van der Waals surface area contributed by atoms with Gasteiger partial charge in [0.15, 0.2) is 0 Å². The fourth-order valence-corrected chi connectivity index (χ4v) is 6.25. The van der Waals surface area contributed by atoms with Gasteiger partial charge in [0.2, 0.25) is 0 Å². The highest BCUT2D eigenvalue weighted by Gasteiger charge is 2.34. The van der Waals surface area contributed by atoms with Crippen molar-refractivity contribution in [1.29, 1.82) is 0 Å². The van der Waals surface area contributed by atoms with Crippen LogP contribution in [-0.4, -0.2) is 39.0 Å². The summed E-state index contributed by atoms with van der Waals surface area (Å²) >= 11 is 3.51. The molecule has 2 aliphatic rings. The molecule has 0 atom stereocenters. The number of aromatic nitrogens is 2. The minimum Gasteiger partial charge on any atom is -0.274 e. The summed E-state index contributed by atoms with van der Waals surface area (Å²) in [4.78, 5) is 37.8. The molecule has 0 saturated carbocycles. The van der Waals surface area contributed by atoms with E-state index in [0.29, 0.717) is 17.7 Å². The lowest BCUT2D eigenvalue weighted by Gasteiger charge is -2.14. The molecule has 28 heavy (non-hydrogen) atoms. The van der Waals surface area contributed by atoms with E-state index in [0.717, 1.165) is 34.9 Å². The Kier molecular flexibility index (Phi) is 4.64. The third-order valence-corrected chi connectivity index (χ3v) is 7.64. The van der Waals surface area contributed by atoms with E-state index in [1.807, 2.05) is 0 Å². The highest BCUT2D eigenvalue weighted by molar-refractivity contribution is 7.99. The van der Waals surface area contributed by atoms with Gasteiger partial charge in [0, 0.05) is 22.6 Å². The summed E-state index contributed by atoms with van der Waals surface area (Å²) in [6.07, 6.45) is 7.16. The second kappa shape index (κ2) is 7.29. The Morgan fingerprint density at radius 3 is 2.57 bits per heavy atom. The number of thiophene rings is 1. The van der Waals surface area contributed by atoms with Crippen molar-refractivity contribution in [3.63, 3.8) is 0 Å². The Labute approximate surface area is 171 Å². The Bertz CT molecular complexity index is 1060. The van der Waals surface area contributed by atoms with Crippen molar-refractivity contribution < 1.29 is 9.59 Å². The predicted molar refractivity (Wildman–Crippen MR) is 111 cm³/mol. The van der Waals surface area contributed by atoms with Gasteiger partial charge in [0.1, 0.15) is 16.2 Å². The number of thioether (sulfide) groups is 1. The zero-order valence-electron chi connectivity index (χ0n) is 15.3. The molecule has 0 radical (unpaired) electrons. The number of carbonyl (C=O) groups excluding carboxylic acids is 2. The van der Waals surface area contributed by atoms with Crippen molar-refractivity contribution >= 4 is 45.1 Å². The van der Waals surface area contributed by atoms with E-state index < -0.39 is 0 Å². The van der Waals surface area contributed by atoms with E-state index in [2.05, 4.69) is 9.97 Å². The molecule has 0 N–H and O–H groups in total. The molecule has 3 aromatic rings. The van der Waals surface area contributed by atoms with Gasteiger partial charge in [0.25, 0.3) is 11.8 Å². The first-order chi connectivity index (χ1) is 13.7. The Hall–Kier alpha value is -2.25. The van der Waals surface area contributed by atoms with E-state index in [1.54, 1.807) is 53.7 Å². The lowest BCUT2D eigenvalue weighted by atomic mass is 9.97. The average Bonchev–Trinajstić information content (AvgIpc) is 3.22. The molecule has 142 valence electrons. The van der Waals surface area contributed by atoms with Crippen molar-refractivity contribution in [3.05, 3.63) is 52.2 Å². The molecule has 0 saturated heterocycles. The smallest absolute Gasteiger partial charge is 0.261 e. The molecule has 5 nitrogen and oxygen atoms in total. The summed E-state index contributed by atoms with van der Waals surface area (Å²) in [6.45, 7) is 0.440. The van der Waals surface area contributed by atoms with Gasteiger partial charge < -0.3 is 0 Å². The van der Waals surface area contributed by atoms with Crippen LogP contribution in [0.25, 0.3) is 10.2 Å². The van der Waals surface area contributed by atoms with Gasteiger partial charge in [0.05, 0.1) is 11.1 Å². The lowest BCUT2D eigenvalue weighted by Crippen LogP contribution is -2.31. The Balaban J connectivity index is 1.27.